The summed E-state index contributed by atoms with van der Waals surface area (Å²) in [7, 11) is 1.38. The molecule has 0 aliphatic heterocycles. The first kappa shape index (κ1) is 14.1. The van der Waals surface area contributed by atoms with Gasteiger partial charge in [-0.2, -0.15) is 13.2 Å². The summed E-state index contributed by atoms with van der Waals surface area (Å²) in [6.07, 6.45) is -0.160. The summed E-state index contributed by atoms with van der Waals surface area (Å²) in [5, 5.41) is 2.36. The second-order valence-corrected chi connectivity index (χ2v) is 4.42. The van der Waals surface area contributed by atoms with Crippen LogP contribution in [0.15, 0.2) is 35.5 Å². The van der Waals surface area contributed by atoms with E-state index in [1.165, 1.54) is 19.4 Å². The van der Waals surface area contributed by atoms with Gasteiger partial charge in [-0.1, -0.05) is 0 Å². The maximum Gasteiger partial charge on any atom is 0.417 e. The number of pyridine rings is 1. The second-order valence-electron chi connectivity index (χ2n) is 4.42. The minimum Gasteiger partial charge on any atom is -0.443 e. The van der Waals surface area contributed by atoms with E-state index in [0.717, 1.165) is 23.1 Å². The van der Waals surface area contributed by atoms with Crippen LogP contribution in [-0.2, 0) is 6.18 Å². The van der Waals surface area contributed by atoms with Gasteiger partial charge in [-0.3, -0.25) is 9.20 Å². The fourth-order valence-corrected chi connectivity index (χ4v) is 2.07. The van der Waals surface area contributed by atoms with Crippen molar-refractivity contribution in [2.75, 3.05) is 7.05 Å². The van der Waals surface area contributed by atoms with Crippen molar-refractivity contribution in [3.63, 3.8) is 0 Å². The number of carbonyl (C=O) groups excluding carboxylic acids is 1. The molecule has 3 aromatic rings. The minimum atomic E-state index is -4.58. The molecule has 22 heavy (non-hydrogen) atoms. The van der Waals surface area contributed by atoms with E-state index in [9.17, 15) is 18.0 Å². The Morgan fingerprint density at radius 2 is 2.14 bits per heavy atom. The van der Waals surface area contributed by atoms with E-state index in [-0.39, 0.29) is 22.7 Å². The van der Waals surface area contributed by atoms with Gasteiger partial charge in [-0.25, -0.2) is 9.97 Å². The lowest BCUT2D eigenvalue weighted by atomic mass is 10.1. The predicted molar refractivity (Wildman–Crippen MR) is 69.1 cm³/mol. The maximum atomic E-state index is 13.1. The Balaban J connectivity index is 2.34. The molecule has 0 unspecified atom stereocenters. The van der Waals surface area contributed by atoms with Crippen molar-refractivity contribution < 1.29 is 22.4 Å². The Morgan fingerprint density at radius 1 is 1.36 bits per heavy atom. The number of halogens is 3. The third-order valence-electron chi connectivity index (χ3n) is 3.09. The summed E-state index contributed by atoms with van der Waals surface area (Å²) < 4.78 is 45.4. The first-order valence-electron chi connectivity index (χ1n) is 6.11. The highest BCUT2D eigenvalue weighted by Crippen LogP contribution is 2.34. The zero-order valence-corrected chi connectivity index (χ0v) is 11.2. The molecular formula is C13H9F3N4O2. The lowest BCUT2D eigenvalue weighted by Gasteiger charge is -2.10. The van der Waals surface area contributed by atoms with Gasteiger partial charge in [0.05, 0.1) is 23.5 Å². The number of carbonyl (C=O) groups is 1. The van der Waals surface area contributed by atoms with E-state index in [1.807, 2.05) is 0 Å². The molecule has 0 saturated carbocycles. The molecule has 1 amide bonds. The number of alkyl halides is 3. The van der Waals surface area contributed by atoms with Crippen LogP contribution in [0.3, 0.4) is 0 Å². The number of amides is 1. The number of hydrogen-bond acceptors (Lipinski definition) is 4. The van der Waals surface area contributed by atoms with Crippen molar-refractivity contribution >= 4 is 11.6 Å². The van der Waals surface area contributed by atoms with Crippen molar-refractivity contribution in [3.8, 4) is 11.3 Å². The lowest BCUT2D eigenvalue weighted by Crippen LogP contribution is -2.20. The second kappa shape index (κ2) is 4.86. The molecule has 0 atom stereocenters. The minimum absolute atomic E-state index is 0.00985. The van der Waals surface area contributed by atoms with E-state index in [4.69, 9.17) is 4.42 Å². The summed E-state index contributed by atoms with van der Waals surface area (Å²) >= 11 is 0. The van der Waals surface area contributed by atoms with Gasteiger partial charge < -0.3 is 9.73 Å². The highest BCUT2D eigenvalue weighted by molar-refractivity contribution is 5.94. The quantitative estimate of drug-likeness (QED) is 0.788. The van der Waals surface area contributed by atoms with Gasteiger partial charge in [0.2, 0.25) is 0 Å². The molecule has 3 rings (SSSR count). The van der Waals surface area contributed by atoms with Crippen LogP contribution < -0.4 is 5.32 Å². The fraction of sp³-hybridized carbons (Fsp3) is 0.154. The number of hydrogen-bond donors (Lipinski definition) is 1. The monoisotopic (exact) mass is 310 g/mol. The van der Waals surface area contributed by atoms with Gasteiger partial charge in [0, 0.05) is 13.2 Å². The van der Waals surface area contributed by atoms with Gasteiger partial charge in [0.25, 0.3) is 5.91 Å². The van der Waals surface area contributed by atoms with Gasteiger partial charge in [0.1, 0.15) is 11.3 Å². The van der Waals surface area contributed by atoms with Crippen LogP contribution in [0.25, 0.3) is 17.0 Å². The van der Waals surface area contributed by atoms with Gasteiger partial charge >= 0.3 is 6.18 Å². The Hall–Kier alpha value is -2.84. The fourth-order valence-electron chi connectivity index (χ4n) is 2.07. The van der Waals surface area contributed by atoms with E-state index in [1.54, 1.807) is 0 Å². The van der Waals surface area contributed by atoms with Gasteiger partial charge in [-0.15, -0.1) is 0 Å². The van der Waals surface area contributed by atoms with Crippen LogP contribution in [0.2, 0.25) is 0 Å². The standard InChI is InChI=1S/C13H9F3N4O2/c1-17-12(21)9-3-19-11-8(10-4-18-6-22-10)2-7(5-20(9)11)13(14,15)16/h2-6H,1H3,(H,17,21). The molecular weight excluding hydrogens is 301 g/mol. The van der Waals surface area contributed by atoms with E-state index in [2.05, 4.69) is 15.3 Å². The van der Waals surface area contributed by atoms with E-state index < -0.39 is 17.6 Å². The van der Waals surface area contributed by atoms with Crippen LogP contribution in [0.5, 0.6) is 0 Å². The molecule has 114 valence electrons. The average molecular weight is 310 g/mol. The molecule has 0 bridgehead atoms. The first-order chi connectivity index (χ1) is 10.4. The van der Waals surface area contributed by atoms with E-state index >= 15 is 0 Å². The Morgan fingerprint density at radius 3 is 2.73 bits per heavy atom. The SMILES string of the molecule is CNC(=O)c1cnc2c(-c3cnco3)cc(C(F)(F)F)cn12. The maximum absolute atomic E-state index is 13.1. The normalized spacial score (nSPS) is 11.8. The molecule has 0 aliphatic rings. The number of nitrogens with zero attached hydrogens (tertiary/aromatic N) is 3. The van der Waals surface area contributed by atoms with Crippen LogP contribution in [0.4, 0.5) is 13.2 Å². The van der Waals surface area contributed by atoms with Crippen LogP contribution in [-0.4, -0.2) is 27.3 Å². The Bertz CT molecular complexity index is 837. The highest BCUT2D eigenvalue weighted by atomic mass is 19.4. The molecule has 6 nitrogen and oxygen atoms in total. The lowest BCUT2D eigenvalue weighted by molar-refractivity contribution is -0.137. The predicted octanol–water partition coefficient (Wildman–Crippen LogP) is 2.37. The zero-order valence-electron chi connectivity index (χ0n) is 11.2. The number of fused-ring (bicyclic) bond motifs is 1. The van der Waals surface area contributed by atoms with Crippen molar-refractivity contribution in [1.29, 1.82) is 0 Å². The topological polar surface area (TPSA) is 72.4 Å². The van der Waals surface area contributed by atoms with Crippen molar-refractivity contribution in [2.24, 2.45) is 0 Å². The van der Waals surface area contributed by atoms with Crippen LogP contribution in [0, 0.1) is 0 Å². The molecule has 1 N–H and O–H groups in total. The molecule has 0 fully saturated rings. The van der Waals surface area contributed by atoms with Gasteiger partial charge in [0.15, 0.2) is 12.2 Å². The Labute approximate surface area is 121 Å². The van der Waals surface area contributed by atoms with E-state index in [0.29, 0.717) is 0 Å². The molecule has 0 aromatic carbocycles. The van der Waals surface area contributed by atoms with Crippen LogP contribution >= 0.6 is 0 Å². The Kier molecular flexibility index (Phi) is 3.12. The highest BCUT2D eigenvalue weighted by Gasteiger charge is 2.33. The number of aromatic nitrogens is 3. The molecule has 3 aromatic heterocycles. The van der Waals surface area contributed by atoms with Gasteiger partial charge in [-0.05, 0) is 6.07 Å². The van der Waals surface area contributed by atoms with Crippen molar-refractivity contribution in [2.45, 2.75) is 6.18 Å². The molecule has 0 saturated heterocycles. The third kappa shape index (κ3) is 2.20. The summed E-state index contributed by atoms with van der Waals surface area (Å²) in [4.78, 5) is 19.5. The average Bonchev–Trinajstić information content (AvgIpc) is 3.13. The summed E-state index contributed by atoms with van der Waals surface area (Å²) in [5.74, 6) is -0.416. The van der Waals surface area contributed by atoms with Crippen molar-refractivity contribution in [3.05, 3.63) is 42.3 Å². The zero-order chi connectivity index (χ0) is 15.9. The number of oxazole rings is 1. The number of rotatable bonds is 2. The summed E-state index contributed by atoms with van der Waals surface area (Å²) in [6.45, 7) is 0. The molecule has 0 spiro atoms. The molecule has 0 radical (unpaired) electrons. The smallest absolute Gasteiger partial charge is 0.417 e. The summed E-state index contributed by atoms with van der Waals surface area (Å²) in [5.41, 5.74) is -0.662. The largest absolute Gasteiger partial charge is 0.443 e. The first-order valence-corrected chi connectivity index (χ1v) is 6.11. The van der Waals surface area contributed by atoms with Crippen LogP contribution in [0.1, 0.15) is 16.1 Å². The van der Waals surface area contributed by atoms with Crippen molar-refractivity contribution in [1.82, 2.24) is 19.7 Å². The third-order valence-corrected chi connectivity index (χ3v) is 3.09. The molecule has 0 aliphatic carbocycles. The number of nitrogens with one attached hydrogen (secondary N) is 1. The molecule has 3 heterocycles. The molecule has 9 heteroatoms. The summed E-state index contributed by atoms with van der Waals surface area (Å²) in [6, 6.07) is 0.913. The number of imidazole rings is 1.